The van der Waals surface area contributed by atoms with Crippen molar-refractivity contribution in [2.24, 2.45) is 0 Å². The van der Waals surface area contributed by atoms with Crippen LogP contribution in [0.25, 0.3) is 27.7 Å². The largest absolute Gasteiger partial charge is 0.496 e. The van der Waals surface area contributed by atoms with Crippen molar-refractivity contribution >= 4 is 22.0 Å². The number of fused-ring (bicyclic) bond motifs is 2. The van der Waals surface area contributed by atoms with E-state index in [1.165, 1.54) is 13.4 Å². The van der Waals surface area contributed by atoms with Gasteiger partial charge in [-0.1, -0.05) is 12.1 Å². The Morgan fingerprint density at radius 3 is 2.75 bits per heavy atom. The lowest BCUT2D eigenvalue weighted by molar-refractivity contribution is 0.396. The lowest BCUT2D eigenvalue weighted by atomic mass is 10.2. The molecular weight excluding hydrogens is 308 g/mol. The third-order valence-corrected chi connectivity index (χ3v) is 3.97. The van der Waals surface area contributed by atoms with E-state index in [2.05, 4.69) is 4.98 Å². The number of hydrogen-bond donors (Lipinski definition) is 0. The fourth-order valence-corrected chi connectivity index (χ4v) is 2.78. The number of benzene rings is 2. The van der Waals surface area contributed by atoms with Gasteiger partial charge in [-0.15, -0.1) is 0 Å². The highest BCUT2D eigenvalue weighted by atomic mass is 16.5. The van der Waals surface area contributed by atoms with Crippen LogP contribution in [-0.4, -0.2) is 23.8 Å². The van der Waals surface area contributed by atoms with E-state index >= 15 is 0 Å². The van der Waals surface area contributed by atoms with Gasteiger partial charge in [0.1, 0.15) is 40.7 Å². The minimum atomic E-state index is -0.195. The Bertz CT molecular complexity index is 1110. The third kappa shape index (κ3) is 2.04. The molecule has 4 rings (SSSR count). The zero-order valence-electron chi connectivity index (χ0n) is 13.1. The molecule has 0 spiro atoms. The van der Waals surface area contributed by atoms with Gasteiger partial charge in [-0.05, 0) is 12.1 Å². The number of aromatic nitrogens is 2. The lowest BCUT2D eigenvalue weighted by Crippen LogP contribution is -2.11. The normalized spacial score (nSPS) is 11.1. The van der Waals surface area contributed by atoms with E-state index in [9.17, 15) is 4.79 Å². The van der Waals surface area contributed by atoms with E-state index < -0.39 is 0 Å². The van der Waals surface area contributed by atoms with Crippen LogP contribution in [0, 0.1) is 0 Å². The average molecular weight is 322 g/mol. The number of methoxy groups -OCH3 is 2. The molecule has 0 aliphatic heterocycles. The van der Waals surface area contributed by atoms with Gasteiger partial charge in [-0.2, -0.15) is 0 Å². The zero-order valence-corrected chi connectivity index (χ0v) is 13.1. The fraction of sp³-hybridized carbons (Fsp3) is 0.111. The van der Waals surface area contributed by atoms with Gasteiger partial charge in [0.25, 0.3) is 0 Å². The molecule has 6 nitrogen and oxygen atoms in total. The second-order valence-electron chi connectivity index (χ2n) is 5.26. The van der Waals surface area contributed by atoms with Gasteiger partial charge in [0, 0.05) is 12.1 Å². The molecule has 0 saturated carbocycles. The van der Waals surface area contributed by atoms with E-state index in [0.29, 0.717) is 28.2 Å². The minimum absolute atomic E-state index is 0.195. The quantitative estimate of drug-likeness (QED) is 0.580. The van der Waals surface area contributed by atoms with Crippen LogP contribution in [0.15, 0.2) is 58.2 Å². The predicted octanol–water partition coefficient (Wildman–Crippen LogP) is 3.15. The summed E-state index contributed by atoms with van der Waals surface area (Å²) in [4.78, 5) is 17.3. The molecule has 0 unspecified atom stereocenters. The molecule has 120 valence electrons. The first-order valence-electron chi connectivity index (χ1n) is 7.33. The van der Waals surface area contributed by atoms with Gasteiger partial charge in [0.15, 0.2) is 0 Å². The molecule has 4 aromatic rings. The smallest absolute Gasteiger partial charge is 0.220 e. The van der Waals surface area contributed by atoms with Crippen molar-refractivity contribution in [2.45, 2.75) is 0 Å². The molecule has 6 heteroatoms. The van der Waals surface area contributed by atoms with E-state index in [0.717, 1.165) is 11.0 Å². The fourth-order valence-electron chi connectivity index (χ4n) is 2.78. The molecule has 0 bridgehead atoms. The lowest BCUT2D eigenvalue weighted by Gasteiger charge is -2.09. The van der Waals surface area contributed by atoms with Gasteiger partial charge in [0.2, 0.25) is 5.43 Å². The van der Waals surface area contributed by atoms with Crippen molar-refractivity contribution in [3.63, 3.8) is 0 Å². The summed E-state index contributed by atoms with van der Waals surface area (Å²) in [5, 5.41) is 0.369. The summed E-state index contributed by atoms with van der Waals surface area (Å²) in [7, 11) is 3.05. The Balaban J connectivity index is 2.04. The first-order valence-corrected chi connectivity index (χ1v) is 7.33. The van der Waals surface area contributed by atoms with Crippen LogP contribution in [0.1, 0.15) is 0 Å². The topological polar surface area (TPSA) is 66.5 Å². The molecule has 2 heterocycles. The number of rotatable bonds is 3. The van der Waals surface area contributed by atoms with Gasteiger partial charge in [-0.3, -0.25) is 9.36 Å². The molecule has 0 fully saturated rings. The third-order valence-electron chi connectivity index (χ3n) is 3.97. The monoisotopic (exact) mass is 322 g/mol. The molecule has 24 heavy (non-hydrogen) atoms. The van der Waals surface area contributed by atoms with E-state index in [4.69, 9.17) is 13.9 Å². The standard InChI is InChI=1S/C18H14N2O4/c1-22-11-7-15(23-2)17-16(8-11)24-9-14(18(17)21)20-10-19-12-5-3-4-6-13(12)20/h3-10H,1-2H3. The molecule has 2 aromatic carbocycles. The number of hydrogen-bond acceptors (Lipinski definition) is 5. The molecule has 0 aliphatic carbocycles. The maximum Gasteiger partial charge on any atom is 0.220 e. The summed E-state index contributed by atoms with van der Waals surface area (Å²) in [6.07, 6.45) is 3.04. The highest BCUT2D eigenvalue weighted by Gasteiger charge is 2.16. The molecule has 0 radical (unpaired) electrons. The maximum atomic E-state index is 13.0. The van der Waals surface area contributed by atoms with Gasteiger partial charge in [0.05, 0.1) is 25.3 Å². The molecule has 0 atom stereocenters. The predicted molar refractivity (Wildman–Crippen MR) is 90.2 cm³/mol. The first kappa shape index (κ1) is 14.3. The maximum absolute atomic E-state index is 13.0. The summed E-state index contributed by atoms with van der Waals surface area (Å²) < 4.78 is 17.9. The average Bonchev–Trinajstić information content (AvgIpc) is 3.05. The van der Waals surface area contributed by atoms with E-state index in [-0.39, 0.29) is 5.43 Å². The molecular formula is C18H14N2O4. The molecule has 0 N–H and O–H groups in total. The van der Waals surface area contributed by atoms with E-state index in [1.807, 2.05) is 24.3 Å². The van der Waals surface area contributed by atoms with Gasteiger partial charge < -0.3 is 13.9 Å². The van der Waals surface area contributed by atoms with Crippen LogP contribution in [0.5, 0.6) is 11.5 Å². The Hall–Kier alpha value is -3.28. The number of imidazole rings is 1. The van der Waals surface area contributed by atoms with E-state index in [1.54, 1.807) is 30.1 Å². The van der Waals surface area contributed by atoms with Crippen LogP contribution in [0.3, 0.4) is 0 Å². The zero-order chi connectivity index (χ0) is 16.7. The molecule has 2 aromatic heterocycles. The van der Waals surface area contributed by atoms with Crippen LogP contribution < -0.4 is 14.9 Å². The van der Waals surface area contributed by atoms with Crippen molar-refractivity contribution < 1.29 is 13.9 Å². The Kier molecular flexibility index (Phi) is 3.23. The summed E-state index contributed by atoms with van der Waals surface area (Å²) in [5.41, 5.74) is 2.22. The van der Waals surface area contributed by atoms with Crippen molar-refractivity contribution in [3.05, 3.63) is 59.2 Å². The second-order valence-corrected chi connectivity index (χ2v) is 5.26. The Labute approximate surface area is 136 Å². The SMILES string of the molecule is COc1cc(OC)c2c(=O)c(-n3cnc4ccccc43)coc2c1. The van der Waals surface area contributed by atoms with Crippen molar-refractivity contribution in [3.8, 4) is 17.2 Å². The summed E-state index contributed by atoms with van der Waals surface area (Å²) in [6.45, 7) is 0. The minimum Gasteiger partial charge on any atom is -0.496 e. The van der Waals surface area contributed by atoms with Crippen LogP contribution in [0.2, 0.25) is 0 Å². The molecule has 0 saturated heterocycles. The Morgan fingerprint density at radius 1 is 1.12 bits per heavy atom. The van der Waals surface area contributed by atoms with Crippen LogP contribution >= 0.6 is 0 Å². The van der Waals surface area contributed by atoms with Gasteiger partial charge >= 0.3 is 0 Å². The van der Waals surface area contributed by atoms with Crippen LogP contribution in [-0.2, 0) is 0 Å². The van der Waals surface area contributed by atoms with Crippen molar-refractivity contribution in [1.82, 2.24) is 9.55 Å². The first-order chi connectivity index (χ1) is 11.7. The molecule has 0 amide bonds. The highest BCUT2D eigenvalue weighted by Crippen LogP contribution is 2.30. The number of nitrogens with zero attached hydrogens (tertiary/aromatic N) is 2. The van der Waals surface area contributed by atoms with Crippen molar-refractivity contribution in [2.75, 3.05) is 14.2 Å². The van der Waals surface area contributed by atoms with Gasteiger partial charge in [-0.25, -0.2) is 4.98 Å². The summed E-state index contributed by atoms with van der Waals surface area (Å²) in [5.74, 6) is 0.965. The van der Waals surface area contributed by atoms with Crippen molar-refractivity contribution in [1.29, 1.82) is 0 Å². The number of para-hydroxylation sites is 2. The van der Waals surface area contributed by atoms with Crippen LogP contribution in [0.4, 0.5) is 0 Å². The Morgan fingerprint density at radius 2 is 1.96 bits per heavy atom. The highest BCUT2D eigenvalue weighted by molar-refractivity contribution is 5.87. The molecule has 0 aliphatic rings. The second kappa shape index (κ2) is 5.42. The number of ether oxygens (including phenoxy) is 2. The summed E-state index contributed by atoms with van der Waals surface area (Å²) in [6, 6.07) is 10.9. The summed E-state index contributed by atoms with van der Waals surface area (Å²) >= 11 is 0.